The number of carbonyl (C=O) groups is 1. The van der Waals surface area contributed by atoms with Gasteiger partial charge in [0.1, 0.15) is 0 Å². The van der Waals surface area contributed by atoms with E-state index in [0.29, 0.717) is 0 Å². The highest BCUT2D eigenvalue weighted by Crippen LogP contribution is 2.38. The molecule has 1 aromatic rings. The molecule has 104 valence electrons. The molecule has 0 saturated carbocycles. The van der Waals surface area contributed by atoms with E-state index in [1.165, 1.54) is 6.26 Å². The molecule has 0 aliphatic carbocycles. The van der Waals surface area contributed by atoms with Crippen LogP contribution in [0.15, 0.2) is 37.2 Å². The van der Waals surface area contributed by atoms with Crippen LogP contribution in [-0.2, 0) is 4.74 Å². The summed E-state index contributed by atoms with van der Waals surface area (Å²) in [5.74, 6) is 0. The Morgan fingerprint density at radius 2 is 2.35 bits per heavy atom. The summed E-state index contributed by atoms with van der Waals surface area (Å²) in [7, 11) is 0. The summed E-state index contributed by atoms with van der Waals surface area (Å²) in [4.78, 5) is 14.0. The average molecular weight is 271 g/mol. The van der Waals surface area contributed by atoms with Gasteiger partial charge in [0.15, 0.2) is 0 Å². The van der Waals surface area contributed by atoms with Crippen LogP contribution in [-0.4, -0.2) is 33.3 Å². The van der Waals surface area contributed by atoms with Crippen molar-refractivity contribution in [3.8, 4) is 0 Å². The molecule has 0 radical (unpaired) electrons. The van der Waals surface area contributed by atoms with E-state index in [-0.39, 0.29) is 18.2 Å². The fourth-order valence-corrected chi connectivity index (χ4v) is 3.18. The molecule has 3 rings (SSSR count). The van der Waals surface area contributed by atoms with Crippen molar-refractivity contribution < 1.29 is 9.53 Å². The van der Waals surface area contributed by atoms with Crippen LogP contribution in [0.3, 0.4) is 0 Å². The van der Waals surface area contributed by atoms with Crippen molar-refractivity contribution in [2.24, 2.45) is 0 Å². The van der Waals surface area contributed by atoms with Crippen LogP contribution >= 0.6 is 0 Å². The molecule has 2 aliphatic heterocycles. The monoisotopic (exact) mass is 271 g/mol. The zero-order valence-corrected chi connectivity index (χ0v) is 11.2. The Morgan fingerprint density at radius 3 is 3.10 bits per heavy atom. The van der Waals surface area contributed by atoms with E-state index < -0.39 is 0 Å². The number of carbonyl (C=O) groups excluding carboxylic acids is 1. The highest BCUT2D eigenvalue weighted by Gasteiger charge is 2.41. The maximum absolute atomic E-state index is 12.2. The summed E-state index contributed by atoms with van der Waals surface area (Å²) in [5.41, 5.74) is 1.93. The van der Waals surface area contributed by atoms with Gasteiger partial charge in [0.25, 0.3) is 0 Å². The summed E-state index contributed by atoms with van der Waals surface area (Å²) < 4.78 is 4.99. The van der Waals surface area contributed by atoms with Gasteiger partial charge < -0.3 is 4.74 Å². The molecule has 3 heterocycles. The Labute approximate surface area is 117 Å². The maximum Gasteiger partial charge on any atom is 0.415 e. The lowest BCUT2D eigenvalue weighted by Gasteiger charge is -2.28. The Bertz CT molecular complexity index is 541. The lowest BCUT2D eigenvalue weighted by atomic mass is 9.97. The lowest BCUT2D eigenvalue weighted by molar-refractivity contribution is 0.123. The zero-order valence-electron chi connectivity index (χ0n) is 11.2. The van der Waals surface area contributed by atoms with E-state index in [9.17, 15) is 4.79 Å². The van der Waals surface area contributed by atoms with Crippen LogP contribution in [0, 0.1) is 0 Å². The first-order valence-corrected chi connectivity index (χ1v) is 6.89. The molecule has 20 heavy (non-hydrogen) atoms. The standard InChI is InChI=1S/C15H17N3O2/c1-2-20-15(19)18-11-5-3-6-12(14(18)9-8-11)13-7-4-10-16-17-13/h2,4,6-7,10-11,14H,1,3,5,8-9H2/t11-,14-/m1/s1. The number of ether oxygens (including phenoxy) is 1. The summed E-state index contributed by atoms with van der Waals surface area (Å²) in [5, 5.41) is 8.12. The molecular weight excluding hydrogens is 254 g/mol. The minimum Gasteiger partial charge on any atom is -0.419 e. The largest absolute Gasteiger partial charge is 0.419 e. The number of rotatable bonds is 2. The van der Waals surface area contributed by atoms with Crippen molar-refractivity contribution in [2.45, 2.75) is 37.8 Å². The van der Waals surface area contributed by atoms with Gasteiger partial charge in [-0.3, -0.25) is 4.90 Å². The minimum atomic E-state index is -0.316. The summed E-state index contributed by atoms with van der Waals surface area (Å²) in [6, 6.07) is 4.09. The molecule has 2 atom stereocenters. The molecule has 1 aromatic heterocycles. The third-order valence-electron chi connectivity index (χ3n) is 3.99. The predicted octanol–water partition coefficient (Wildman–Crippen LogP) is 2.77. The fourth-order valence-electron chi connectivity index (χ4n) is 3.18. The lowest BCUT2D eigenvalue weighted by Crippen LogP contribution is -2.40. The SMILES string of the molecule is C=COC(=O)N1[C@@H]2CCC=C(c3cccnn3)[C@H]1CC2. The second kappa shape index (κ2) is 5.45. The quantitative estimate of drug-likeness (QED) is 0.776. The molecule has 5 heteroatoms. The third kappa shape index (κ3) is 2.19. The summed E-state index contributed by atoms with van der Waals surface area (Å²) >= 11 is 0. The minimum absolute atomic E-state index is 0.0339. The van der Waals surface area contributed by atoms with Gasteiger partial charge in [-0.05, 0) is 43.4 Å². The molecular formula is C15H17N3O2. The van der Waals surface area contributed by atoms with E-state index in [4.69, 9.17) is 4.74 Å². The molecule has 5 nitrogen and oxygen atoms in total. The molecule has 0 aromatic carbocycles. The van der Waals surface area contributed by atoms with Crippen molar-refractivity contribution in [1.29, 1.82) is 0 Å². The van der Waals surface area contributed by atoms with E-state index in [1.54, 1.807) is 6.20 Å². The van der Waals surface area contributed by atoms with Crippen LogP contribution in [0.4, 0.5) is 4.79 Å². The first-order valence-electron chi connectivity index (χ1n) is 6.89. The number of hydrogen-bond donors (Lipinski definition) is 0. The van der Waals surface area contributed by atoms with Crippen molar-refractivity contribution in [3.63, 3.8) is 0 Å². The van der Waals surface area contributed by atoms with Gasteiger partial charge in [-0.2, -0.15) is 10.2 Å². The summed E-state index contributed by atoms with van der Waals surface area (Å²) in [6.07, 6.45) is 8.58. The van der Waals surface area contributed by atoms with Gasteiger partial charge in [-0.1, -0.05) is 12.7 Å². The average Bonchev–Trinajstić information content (AvgIpc) is 2.77. The number of fused-ring (bicyclic) bond motifs is 2. The number of hydrogen-bond acceptors (Lipinski definition) is 4. The Kier molecular flexibility index (Phi) is 3.50. The highest BCUT2D eigenvalue weighted by atomic mass is 16.5. The number of nitrogens with zero attached hydrogens (tertiary/aromatic N) is 3. The summed E-state index contributed by atoms with van der Waals surface area (Å²) in [6.45, 7) is 3.46. The molecule has 1 saturated heterocycles. The van der Waals surface area contributed by atoms with E-state index >= 15 is 0 Å². The van der Waals surface area contributed by atoms with Gasteiger partial charge in [-0.25, -0.2) is 4.79 Å². The van der Waals surface area contributed by atoms with Gasteiger partial charge in [0.2, 0.25) is 0 Å². The molecule has 0 unspecified atom stereocenters. The van der Waals surface area contributed by atoms with Gasteiger partial charge in [0.05, 0.1) is 18.0 Å². The maximum atomic E-state index is 12.2. The Hall–Kier alpha value is -2.17. The predicted molar refractivity (Wildman–Crippen MR) is 74.6 cm³/mol. The molecule has 1 fully saturated rings. The molecule has 2 bridgehead atoms. The number of aromatic nitrogens is 2. The topological polar surface area (TPSA) is 55.3 Å². The molecule has 1 amide bonds. The van der Waals surface area contributed by atoms with Gasteiger partial charge in [0, 0.05) is 12.2 Å². The van der Waals surface area contributed by atoms with Crippen molar-refractivity contribution >= 4 is 11.7 Å². The van der Waals surface area contributed by atoms with Crippen LogP contribution in [0.1, 0.15) is 31.4 Å². The second-order valence-corrected chi connectivity index (χ2v) is 5.05. The van der Waals surface area contributed by atoms with Crippen LogP contribution < -0.4 is 0 Å². The molecule has 0 spiro atoms. The Morgan fingerprint density at radius 1 is 1.45 bits per heavy atom. The fraction of sp³-hybridized carbons (Fsp3) is 0.400. The first kappa shape index (κ1) is 12.8. The molecule has 2 aliphatic rings. The first-order chi connectivity index (χ1) is 9.81. The van der Waals surface area contributed by atoms with Crippen LogP contribution in [0.25, 0.3) is 5.57 Å². The van der Waals surface area contributed by atoms with E-state index in [1.807, 2.05) is 17.0 Å². The zero-order chi connectivity index (χ0) is 13.9. The number of allylic oxidation sites excluding steroid dienone is 1. The van der Waals surface area contributed by atoms with E-state index in [0.717, 1.165) is 37.0 Å². The third-order valence-corrected chi connectivity index (χ3v) is 3.99. The van der Waals surface area contributed by atoms with Crippen LogP contribution in [0.5, 0.6) is 0 Å². The van der Waals surface area contributed by atoms with Gasteiger partial charge >= 0.3 is 6.09 Å². The second-order valence-electron chi connectivity index (χ2n) is 5.05. The van der Waals surface area contributed by atoms with Crippen molar-refractivity contribution in [2.75, 3.05) is 0 Å². The normalized spacial score (nSPS) is 24.8. The van der Waals surface area contributed by atoms with Crippen molar-refractivity contribution in [1.82, 2.24) is 15.1 Å². The van der Waals surface area contributed by atoms with Gasteiger partial charge in [-0.15, -0.1) is 0 Å². The van der Waals surface area contributed by atoms with E-state index in [2.05, 4.69) is 22.9 Å². The highest BCUT2D eigenvalue weighted by molar-refractivity contribution is 5.77. The van der Waals surface area contributed by atoms with Crippen LogP contribution in [0.2, 0.25) is 0 Å². The van der Waals surface area contributed by atoms with Crippen molar-refractivity contribution in [3.05, 3.63) is 42.9 Å². The molecule has 0 N–H and O–H groups in total. The number of amides is 1. The Balaban J connectivity index is 1.94. The smallest absolute Gasteiger partial charge is 0.415 e.